The first-order valence-electron chi connectivity index (χ1n) is 28.0. The maximum absolute atomic E-state index is 12.2. The summed E-state index contributed by atoms with van der Waals surface area (Å²) < 4.78 is 10.7. The van der Waals surface area contributed by atoms with E-state index >= 15 is 0 Å². The average molecular weight is 885 g/mol. The van der Waals surface area contributed by atoms with Crippen LogP contribution in [0, 0.1) is 0 Å². The Hall–Kier alpha value is -1.88. The van der Waals surface area contributed by atoms with Gasteiger partial charge in [-0.15, -0.1) is 0 Å². The van der Waals surface area contributed by atoms with E-state index in [0.29, 0.717) is 12.8 Å². The third-order valence-electron chi connectivity index (χ3n) is 12.7. The molecule has 5 nitrogen and oxygen atoms in total. The molecule has 63 heavy (non-hydrogen) atoms. The number of ether oxygens (including phenoxy) is 2. The summed E-state index contributed by atoms with van der Waals surface area (Å²) in [5.41, 5.74) is 0. The number of unbranched alkanes of at least 4 members (excludes halogenated alkanes) is 38. The number of carbonyl (C=O) groups excluding carboxylic acids is 2. The molecule has 0 aromatic rings. The first-order chi connectivity index (χ1) is 31.1. The zero-order valence-electron chi connectivity index (χ0n) is 42.4. The maximum Gasteiger partial charge on any atom is 0.306 e. The Morgan fingerprint density at radius 1 is 0.381 bits per heavy atom. The maximum atomic E-state index is 12.2. The molecular formula is C58H108O5. The van der Waals surface area contributed by atoms with E-state index in [-0.39, 0.29) is 25.2 Å². The number of hydrogen-bond acceptors (Lipinski definition) is 5. The predicted molar refractivity (Wildman–Crippen MR) is 274 cm³/mol. The van der Waals surface area contributed by atoms with Gasteiger partial charge < -0.3 is 14.6 Å². The van der Waals surface area contributed by atoms with Crippen LogP contribution in [0.1, 0.15) is 303 Å². The molecule has 0 aliphatic heterocycles. The van der Waals surface area contributed by atoms with Crippen LogP contribution in [0.5, 0.6) is 0 Å². The molecule has 0 aromatic carbocycles. The molecule has 0 radical (unpaired) electrons. The van der Waals surface area contributed by atoms with Crippen molar-refractivity contribution in [1.82, 2.24) is 0 Å². The molecular weight excluding hydrogens is 777 g/mol. The number of allylic oxidation sites excluding steroid dienone is 6. The lowest BCUT2D eigenvalue weighted by Gasteiger charge is -2.15. The molecule has 0 aliphatic rings. The molecule has 5 heteroatoms. The predicted octanol–water partition coefficient (Wildman–Crippen LogP) is 18.7. The van der Waals surface area contributed by atoms with Crippen LogP contribution in [0.3, 0.4) is 0 Å². The summed E-state index contributed by atoms with van der Waals surface area (Å²) in [6.45, 7) is 4.05. The normalized spacial score (nSPS) is 12.4. The van der Waals surface area contributed by atoms with Crippen molar-refractivity contribution in [3.8, 4) is 0 Å². The second-order valence-electron chi connectivity index (χ2n) is 19.0. The van der Waals surface area contributed by atoms with Gasteiger partial charge in [0.25, 0.3) is 0 Å². The Kier molecular flexibility index (Phi) is 52.8. The van der Waals surface area contributed by atoms with Gasteiger partial charge in [-0.25, -0.2) is 0 Å². The zero-order chi connectivity index (χ0) is 45.6. The number of hydrogen-bond donors (Lipinski definition) is 1. The second kappa shape index (κ2) is 54.5. The highest BCUT2D eigenvalue weighted by atomic mass is 16.6. The molecule has 1 unspecified atom stereocenters. The fourth-order valence-electron chi connectivity index (χ4n) is 8.51. The lowest BCUT2D eigenvalue weighted by atomic mass is 10.0. The Bertz CT molecular complexity index is 1000. The van der Waals surface area contributed by atoms with E-state index < -0.39 is 6.10 Å². The van der Waals surface area contributed by atoms with Crippen LogP contribution in [0.15, 0.2) is 36.5 Å². The Balaban J connectivity index is 3.38. The van der Waals surface area contributed by atoms with Gasteiger partial charge in [-0.2, -0.15) is 0 Å². The number of esters is 2. The quantitative estimate of drug-likeness (QED) is 0.0374. The van der Waals surface area contributed by atoms with E-state index in [1.807, 2.05) is 0 Å². The molecule has 0 heterocycles. The molecule has 0 rings (SSSR count). The van der Waals surface area contributed by atoms with Gasteiger partial charge in [0.1, 0.15) is 6.61 Å². The number of aliphatic hydroxyl groups excluding tert-OH is 1. The molecule has 1 atom stereocenters. The highest BCUT2D eigenvalue weighted by molar-refractivity contribution is 5.70. The first-order valence-corrected chi connectivity index (χ1v) is 28.0. The van der Waals surface area contributed by atoms with Crippen molar-refractivity contribution in [1.29, 1.82) is 0 Å². The van der Waals surface area contributed by atoms with E-state index in [9.17, 15) is 14.7 Å². The van der Waals surface area contributed by atoms with Crippen molar-refractivity contribution < 1.29 is 24.2 Å². The van der Waals surface area contributed by atoms with Gasteiger partial charge in [-0.05, 0) is 44.9 Å². The molecule has 370 valence electrons. The molecule has 0 aliphatic carbocycles. The minimum absolute atomic E-state index is 0.0695. The van der Waals surface area contributed by atoms with Crippen LogP contribution in [-0.4, -0.2) is 36.4 Å². The first kappa shape index (κ1) is 61.1. The Morgan fingerprint density at radius 3 is 1.03 bits per heavy atom. The minimum Gasteiger partial charge on any atom is -0.462 e. The molecule has 0 spiro atoms. The fourth-order valence-corrected chi connectivity index (χ4v) is 8.51. The smallest absolute Gasteiger partial charge is 0.306 e. The summed E-state index contributed by atoms with van der Waals surface area (Å²) >= 11 is 0. The lowest BCUT2D eigenvalue weighted by Crippen LogP contribution is -2.28. The highest BCUT2D eigenvalue weighted by Gasteiger charge is 2.16. The van der Waals surface area contributed by atoms with Gasteiger partial charge >= 0.3 is 11.9 Å². The Morgan fingerprint density at radius 2 is 0.683 bits per heavy atom. The van der Waals surface area contributed by atoms with Crippen LogP contribution in [0.4, 0.5) is 0 Å². The Labute approximate surface area is 393 Å². The van der Waals surface area contributed by atoms with E-state index in [1.54, 1.807) is 0 Å². The van der Waals surface area contributed by atoms with Crippen molar-refractivity contribution in [2.45, 2.75) is 309 Å². The van der Waals surface area contributed by atoms with Crippen LogP contribution in [-0.2, 0) is 19.1 Å². The highest BCUT2D eigenvalue weighted by Crippen LogP contribution is 2.18. The van der Waals surface area contributed by atoms with Crippen molar-refractivity contribution >= 4 is 11.9 Å². The van der Waals surface area contributed by atoms with Gasteiger partial charge in [-0.1, -0.05) is 281 Å². The number of rotatable bonds is 52. The fraction of sp³-hybridized carbons (Fsp3) is 0.862. The van der Waals surface area contributed by atoms with E-state index in [1.165, 1.54) is 205 Å². The largest absolute Gasteiger partial charge is 0.462 e. The molecule has 0 saturated heterocycles. The zero-order valence-corrected chi connectivity index (χ0v) is 42.4. The van der Waals surface area contributed by atoms with Crippen LogP contribution < -0.4 is 0 Å². The van der Waals surface area contributed by atoms with Gasteiger partial charge in [0.15, 0.2) is 6.10 Å². The third kappa shape index (κ3) is 52.6. The van der Waals surface area contributed by atoms with Crippen LogP contribution >= 0.6 is 0 Å². The molecule has 0 amide bonds. The second-order valence-corrected chi connectivity index (χ2v) is 19.0. The number of aliphatic hydroxyl groups is 1. The average Bonchev–Trinajstić information content (AvgIpc) is 3.29. The summed E-state index contributed by atoms with van der Waals surface area (Å²) in [7, 11) is 0. The van der Waals surface area contributed by atoms with Crippen LogP contribution in [0.25, 0.3) is 0 Å². The summed E-state index contributed by atoms with van der Waals surface area (Å²) in [4.78, 5) is 24.4. The third-order valence-corrected chi connectivity index (χ3v) is 12.7. The topological polar surface area (TPSA) is 72.8 Å². The van der Waals surface area contributed by atoms with Crippen LogP contribution in [0.2, 0.25) is 0 Å². The molecule has 0 fully saturated rings. The van der Waals surface area contributed by atoms with E-state index in [4.69, 9.17) is 9.47 Å². The standard InChI is InChI=1S/C58H108O5/c1-3-5-7-9-11-13-15-17-19-20-21-22-23-24-25-26-27-28-29-30-31-32-33-34-35-36-37-39-40-42-44-46-48-50-52-57(60)62-55-56(54-59)63-58(61)53-51-49-47-45-43-41-38-18-16-14-12-10-8-6-4-2/h6,8,12,14,18,38,56,59H,3-5,7,9-11,13,15-17,19-37,39-55H2,1-2H3/b8-6-,14-12-,38-18-. The van der Waals surface area contributed by atoms with E-state index in [0.717, 1.165) is 70.6 Å². The summed E-state index contributed by atoms with van der Waals surface area (Å²) in [6.07, 6.45) is 70.0. The molecule has 1 N–H and O–H groups in total. The van der Waals surface area contributed by atoms with Crippen molar-refractivity contribution in [3.05, 3.63) is 36.5 Å². The molecule has 0 saturated carbocycles. The van der Waals surface area contributed by atoms with Crippen molar-refractivity contribution in [2.24, 2.45) is 0 Å². The molecule has 0 bridgehead atoms. The monoisotopic (exact) mass is 885 g/mol. The summed E-state index contributed by atoms with van der Waals surface area (Å²) in [5.74, 6) is -0.598. The summed E-state index contributed by atoms with van der Waals surface area (Å²) in [5, 5.41) is 9.61. The summed E-state index contributed by atoms with van der Waals surface area (Å²) in [6, 6.07) is 0. The SMILES string of the molecule is CC/C=C\C/C=C\C/C=C\CCCCCCCC(=O)OC(CO)COC(=O)CCCCCCCCCCCCCCCCCCCCCCCCCCCCCCCCCCCC. The van der Waals surface area contributed by atoms with Gasteiger partial charge in [-0.3, -0.25) is 9.59 Å². The van der Waals surface area contributed by atoms with Gasteiger partial charge in [0, 0.05) is 12.8 Å². The van der Waals surface area contributed by atoms with Gasteiger partial charge in [0.2, 0.25) is 0 Å². The van der Waals surface area contributed by atoms with Gasteiger partial charge in [0.05, 0.1) is 6.61 Å². The lowest BCUT2D eigenvalue weighted by molar-refractivity contribution is -0.161. The number of carbonyl (C=O) groups is 2. The van der Waals surface area contributed by atoms with Crippen molar-refractivity contribution in [2.75, 3.05) is 13.2 Å². The van der Waals surface area contributed by atoms with Crippen molar-refractivity contribution in [3.63, 3.8) is 0 Å². The molecule has 0 aromatic heterocycles. The van der Waals surface area contributed by atoms with E-state index in [2.05, 4.69) is 50.3 Å². The minimum atomic E-state index is -0.779.